The summed E-state index contributed by atoms with van der Waals surface area (Å²) in [6.45, 7) is -0.156. The van der Waals surface area contributed by atoms with Crippen LogP contribution >= 0.6 is 11.3 Å². The summed E-state index contributed by atoms with van der Waals surface area (Å²) in [4.78, 5) is 40.3. The van der Waals surface area contributed by atoms with E-state index in [0.29, 0.717) is 33.6 Å². The number of fused-ring (bicyclic) bond motifs is 2. The van der Waals surface area contributed by atoms with E-state index >= 15 is 0 Å². The Labute approximate surface area is 192 Å². The number of hydrogen-bond donors (Lipinski definition) is 0. The fourth-order valence-corrected chi connectivity index (χ4v) is 5.18. The lowest BCUT2D eigenvalue weighted by atomic mass is 9.90. The predicted octanol–water partition coefficient (Wildman–Crippen LogP) is 3.02. The molecule has 1 atom stereocenters. The summed E-state index contributed by atoms with van der Waals surface area (Å²) in [5.74, 6) is 1.10. The highest BCUT2D eigenvalue weighted by atomic mass is 32.1. The van der Waals surface area contributed by atoms with Crippen molar-refractivity contribution in [1.29, 1.82) is 0 Å². The number of methoxy groups -OCH3 is 2. The normalized spacial score (nSPS) is 16.5. The maximum Gasteiger partial charge on any atom is 0.325 e. The summed E-state index contributed by atoms with van der Waals surface area (Å²) >= 11 is 1.02. The zero-order chi connectivity index (χ0) is 23.1. The Morgan fingerprint density at radius 1 is 1.09 bits per heavy atom. The monoisotopic (exact) mass is 468 g/mol. The number of aromatic nitrogens is 1. The van der Waals surface area contributed by atoms with Crippen molar-refractivity contribution in [3.05, 3.63) is 62.6 Å². The van der Waals surface area contributed by atoms with Gasteiger partial charge in [0.1, 0.15) is 18.1 Å². The molecule has 0 N–H and O–H groups in total. The van der Waals surface area contributed by atoms with Crippen molar-refractivity contribution in [3.8, 4) is 17.2 Å². The highest BCUT2D eigenvalue weighted by Crippen LogP contribution is 2.46. The molecule has 0 unspecified atom stereocenters. The zero-order valence-electron chi connectivity index (χ0n) is 17.9. The fraction of sp³-hybridized carbons (Fsp3) is 0.261. The third kappa shape index (κ3) is 3.62. The molecule has 1 amide bonds. The summed E-state index contributed by atoms with van der Waals surface area (Å²) in [6.07, 6.45) is 0.150. The van der Waals surface area contributed by atoms with Gasteiger partial charge in [0.15, 0.2) is 11.5 Å². The Morgan fingerprint density at radius 3 is 2.58 bits per heavy atom. The fourth-order valence-electron chi connectivity index (χ4n) is 4.08. The highest BCUT2D eigenvalue weighted by Gasteiger charge is 2.39. The quantitative estimate of drug-likeness (QED) is 0.531. The zero-order valence-corrected chi connectivity index (χ0v) is 18.7. The Hall–Kier alpha value is -3.79. The first-order valence-electron chi connectivity index (χ1n) is 10.2. The summed E-state index contributed by atoms with van der Waals surface area (Å²) in [6, 6.07) is 12.5. The van der Waals surface area contributed by atoms with Crippen LogP contribution in [0.25, 0.3) is 0 Å². The highest BCUT2D eigenvalue weighted by molar-refractivity contribution is 7.10. The molecule has 0 aliphatic carbocycles. The van der Waals surface area contributed by atoms with Crippen LogP contribution in [0.5, 0.6) is 17.2 Å². The summed E-state index contributed by atoms with van der Waals surface area (Å²) in [5, 5.41) is 0. The molecule has 10 heteroatoms. The van der Waals surface area contributed by atoms with Crippen LogP contribution < -0.4 is 24.0 Å². The minimum atomic E-state index is -0.579. The molecule has 0 fully saturated rings. The second-order valence-electron chi connectivity index (χ2n) is 7.51. The van der Waals surface area contributed by atoms with Crippen LogP contribution in [0.2, 0.25) is 0 Å². The Bertz CT molecular complexity index is 1300. The molecule has 33 heavy (non-hydrogen) atoms. The van der Waals surface area contributed by atoms with Crippen molar-refractivity contribution in [2.24, 2.45) is 0 Å². The minimum Gasteiger partial charge on any atom is -0.497 e. The molecule has 2 aliphatic rings. The molecule has 1 aromatic heterocycles. The van der Waals surface area contributed by atoms with Gasteiger partial charge in [-0.3, -0.25) is 23.9 Å². The van der Waals surface area contributed by atoms with Crippen molar-refractivity contribution in [2.75, 3.05) is 25.9 Å². The molecule has 170 valence electrons. The van der Waals surface area contributed by atoms with E-state index in [1.165, 1.54) is 16.6 Å². The van der Waals surface area contributed by atoms with Gasteiger partial charge in [-0.2, -0.15) is 0 Å². The first-order valence-corrected chi connectivity index (χ1v) is 11.0. The van der Waals surface area contributed by atoms with Crippen molar-refractivity contribution in [3.63, 3.8) is 0 Å². The molecule has 3 aromatic rings. The number of thiazole rings is 1. The molecule has 0 saturated heterocycles. The molecule has 2 aliphatic heterocycles. The summed E-state index contributed by atoms with van der Waals surface area (Å²) < 4.78 is 22.2. The van der Waals surface area contributed by atoms with E-state index < -0.39 is 5.97 Å². The molecule has 0 radical (unpaired) electrons. The SMILES string of the molecule is COC(=O)Cn1c2c(sc1=O)[C@@H](c1ccc3c(c1)OCO3)CC(=O)N2c1ccc(OC)cc1. The molecule has 9 nitrogen and oxygen atoms in total. The predicted molar refractivity (Wildman–Crippen MR) is 120 cm³/mol. The van der Waals surface area contributed by atoms with Gasteiger partial charge in [-0.15, -0.1) is 0 Å². The van der Waals surface area contributed by atoms with Gasteiger partial charge in [-0.25, -0.2) is 0 Å². The second kappa shape index (κ2) is 8.28. The lowest BCUT2D eigenvalue weighted by molar-refractivity contribution is -0.141. The van der Waals surface area contributed by atoms with Crippen LogP contribution in [-0.2, 0) is 20.9 Å². The number of ether oxygens (including phenoxy) is 4. The topological polar surface area (TPSA) is 96.3 Å². The number of benzene rings is 2. The molecule has 3 heterocycles. The van der Waals surface area contributed by atoms with Crippen LogP contribution in [0, 0.1) is 0 Å². The smallest absolute Gasteiger partial charge is 0.325 e. The van der Waals surface area contributed by atoms with Crippen LogP contribution in [0.3, 0.4) is 0 Å². The van der Waals surface area contributed by atoms with Crippen LogP contribution in [-0.4, -0.2) is 37.5 Å². The van der Waals surface area contributed by atoms with E-state index in [9.17, 15) is 14.4 Å². The van der Waals surface area contributed by atoms with Crippen LogP contribution in [0.4, 0.5) is 11.5 Å². The van der Waals surface area contributed by atoms with E-state index in [0.717, 1.165) is 16.9 Å². The molecular weight excluding hydrogens is 448 g/mol. The Kier molecular flexibility index (Phi) is 5.29. The van der Waals surface area contributed by atoms with Gasteiger partial charge in [-0.05, 0) is 42.0 Å². The van der Waals surface area contributed by atoms with Gasteiger partial charge in [0.25, 0.3) is 0 Å². The molecule has 2 aromatic carbocycles. The van der Waals surface area contributed by atoms with E-state index in [1.807, 2.05) is 12.1 Å². The maximum atomic E-state index is 13.5. The molecule has 0 saturated carbocycles. The number of esters is 1. The van der Waals surface area contributed by atoms with E-state index in [2.05, 4.69) is 0 Å². The minimum absolute atomic E-state index is 0.141. The third-order valence-corrected chi connectivity index (χ3v) is 6.78. The average molecular weight is 468 g/mol. The van der Waals surface area contributed by atoms with Crippen molar-refractivity contribution < 1.29 is 28.5 Å². The third-order valence-electron chi connectivity index (χ3n) is 5.69. The first kappa shape index (κ1) is 21.1. The van der Waals surface area contributed by atoms with Gasteiger partial charge in [0, 0.05) is 12.3 Å². The number of anilines is 2. The van der Waals surface area contributed by atoms with Gasteiger partial charge in [-0.1, -0.05) is 17.4 Å². The van der Waals surface area contributed by atoms with Crippen molar-refractivity contribution in [2.45, 2.75) is 18.9 Å². The number of carbonyl (C=O) groups excluding carboxylic acids is 2. The van der Waals surface area contributed by atoms with E-state index in [1.54, 1.807) is 37.4 Å². The molecular formula is C23H20N2O7S. The van der Waals surface area contributed by atoms with Crippen LogP contribution in [0.1, 0.15) is 22.8 Å². The summed E-state index contributed by atoms with van der Waals surface area (Å²) in [7, 11) is 2.82. The standard InChI is InChI=1S/C23H20N2O7S/c1-29-15-6-4-14(5-7-15)25-19(26)10-16(13-3-8-17-18(9-13)32-12-31-17)21-22(25)24(23(28)33-21)11-20(27)30-2/h3-9,16H,10-12H2,1-2H3/t16-/m1/s1. The lowest BCUT2D eigenvalue weighted by Gasteiger charge is -2.32. The average Bonchev–Trinajstić information content (AvgIpc) is 3.43. The largest absolute Gasteiger partial charge is 0.497 e. The van der Waals surface area contributed by atoms with Crippen LogP contribution in [0.15, 0.2) is 47.3 Å². The van der Waals surface area contributed by atoms with Crippen molar-refractivity contribution in [1.82, 2.24) is 4.57 Å². The van der Waals surface area contributed by atoms with Gasteiger partial charge < -0.3 is 18.9 Å². The molecule has 0 spiro atoms. The van der Waals surface area contributed by atoms with Gasteiger partial charge in [0.05, 0.1) is 24.8 Å². The lowest BCUT2D eigenvalue weighted by Crippen LogP contribution is -2.36. The number of rotatable bonds is 5. The second-order valence-corrected chi connectivity index (χ2v) is 8.51. The Morgan fingerprint density at radius 2 is 1.85 bits per heavy atom. The molecule has 0 bridgehead atoms. The number of amides is 1. The first-order chi connectivity index (χ1) is 16.0. The number of hydrogen-bond acceptors (Lipinski definition) is 8. The number of nitrogens with zero attached hydrogens (tertiary/aromatic N) is 2. The van der Waals surface area contributed by atoms with E-state index in [4.69, 9.17) is 18.9 Å². The Balaban J connectivity index is 1.66. The number of carbonyl (C=O) groups is 2. The van der Waals surface area contributed by atoms with Gasteiger partial charge in [0.2, 0.25) is 12.7 Å². The maximum absolute atomic E-state index is 13.5. The van der Waals surface area contributed by atoms with E-state index in [-0.39, 0.29) is 36.5 Å². The molecule has 5 rings (SSSR count). The summed E-state index contributed by atoms with van der Waals surface area (Å²) in [5.41, 5.74) is 1.40. The van der Waals surface area contributed by atoms with Gasteiger partial charge >= 0.3 is 10.8 Å². The van der Waals surface area contributed by atoms with Crippen molar-refractivity contribution >= 4 is 34.7 Å².